The molecule has 0 heterocycles. The largest absolute Gasteiger partial charge is 0.494 e. The summed E-state index contributed by atoms with van der Waals surface area (Å²) < 4.78 is 11.5. The molecule has 1 aromatic carbocycles. The minimum absolute atomic E-state index is 0.0264. The third-order valence-electron chi connectivity index (χ3n) is 4.38. The zero-order chi connectivity index (χ0) is 17.4. The first-order valence-corrected chi connectivity index (χ1v) is 8.89. The number of rotatable bonds is 9. The predicted octanol–water partition coefficient (Wildman–Crippen LogP) is 3.30. The average molecular weight is 334 g/mol. The molecule has 1 amide bonds. The van der Waals surface area contributed by atoms with Gasteiger partial charge in [0.15, 0.2) is 0 Å². The minimum atomic E-state index is -0.643. The Bertz CT molecular complexity index is 508. The van der Waals surface area contributed by atoms with Crippen LogP contribution < -0.4 is 10.1 Å². The first-order valence-electron chi connectivity index (χ1n) is 8.89. The van der Waals surface area contributed by atoms with E-state index in [1.54, 1.807) is 0 Å². The van der Waals surface area contributed by atoms with Gasteiger partial charge < -0.3 is 19.7 Å². The number of amides is 1. The standard InChI is InChI=1S/C19H30N2O3/c1-4-24-19(12-5-6-13-19)18(22)20-16-8-10-17(11-9-16)23-15-7-14-21(2)3/h8-11H,4-7,12-15H2,1-3H3,(H,20,22). The van der Waals surface area contributed by atoms with E-state index in [0.29, 0.717) is 13.2 Å². The van der Waals surface area contributed by atoms with E-state index >= 15 is 0 Å². The van der Waals surface area contributed by atoms with E-state index in [-0.39, 0.29) is 5.91 Å². The van der Waals surface area contributed by atoms with Gasteiger partial charge in [-0.3, -0.25) is 4.79 Å². The van der Waals surface area contributed by atoms with Crippen LogP contribution in [0, 0.1) is 0 Å². The maximum Gasteiger partial charge on any atom is 0.256 e. The van der Waals surface area contributed by atoms with Gasteiger partial charge in [-0.2, -0.15) is 0 Å². The monoisotopic (exact) mass is 334 g/mol. The summed E-state index contributed by atoms with van der Waals surface area (Å²) >= 11 is 0. The van der Waals surface area contributed by atoms with Gasteiger partial charge in [0.2, 0.25) is 0 Å². The lowest BCUT2D eigenvalue weighted by molar-refractivity contribution is -0.140. The number of hydrogen-bond acceptors (Lipinski definition) is 4. The molecule has 1 aliphatic carbocycles. The van der Waals surface area contributed by atoms with Crippen molar-refractivity contribution >= 4 is 11.6 Å². The third kappa shape index (κ3) is 5.21. The highest BCUT2D eigenvalue weighted by molar-refractivity contribution is 5.97. The van der Waals surface area contributed by atoms with Crippen LogP contribution in [0.5, 0.6) is 5.75 Å². The highest BCUT2D eigenvalue weighted by Gasteiger charge is 2.41. The molecule has 0 bridgehead atoms. The molecule has 5 nitrogen and oxygen atoms in total. The summed E-state index contributed by atoms with van der Waals surface area (Å²) in [6.45, 7) is 4.20. The van der Waals surface area contributed by atoms with Crippen molar-refractivity contribution in [2.75, 3.05) is 39.2 Å². The SMILES string of the molecule is CCOC1(C(=O)Nc2ccc(OCCCN(C)C)cc2)CCCC1. The van der Waals surface area contributed by atoms with E-state index in [2.05, 4.69) is 24.3 Å². The molecule has 0 radical (unpaired) electrons. The van der Waals surface area contributed by atoms with Crippen molar-refractivity contribution in [2.45, 2.75) is 44.6 Å². The number of carbonyl (C=O) groups excluding carboxylic acids is 1. The molecule has 0 aliphatic heterocycles. The Kier molecular flexibility index (Phi) is 7.06. The lowest BCUT2D eigenvalue weighted by atomic mass is 10.0. The second-order valence-corrected chi connectivity index (χ2v) is 6.62. The number of hydrogen-bond donors (Lipinski definition) is 1. The quantitative estimate of drug-likeness (QED) is 0.704. The number of nitrogens with one attached hydrogen (secondary N) is 1. The summed E-state index contributed by atoms with van der Waals surface area (Å²) in [5.74, 6) is 0.800. The number of ether oxygens (including phenoxy) is 2. The van der Waals surface area contributed by atoms with Gasteiger partial charge in [0, 0.05) is 18.8 Å². The molecule has 24 heavy (non-hydrogen) atoms. The lowest BCUT2D eigenvalue weighted by Crippen LogP contribution is -2.43. The Balaban J connectivity index is 1.85. The van der Waals surface area contributed by atoms with Crippen LogP contribution in [0.4, 0.5) is 5.69 Å². The first-order chi connectivity index (χ1) is 11.6. The fraction of sp³-hybridized carbons (Fsp3) is 0.632. The van der Waals surface area contributed by atoms with Gasteiger partial charge in [-0.25, -0.2) is 0 Å². The van der Waals surface area contributed by atoms with Gasteiger partial charge in [0.1, 0.15) is 11.4 Å². The van der Waals surface area contributed by atoms with Crippen LogP contribution in [-0.4, -0.2) is 50.3 Å². The second kappa shape index (κ2) is 9.04. The van der Waals surface area contributed by atoms with Gasteiger partial charge in [-0.05, 0) is 77.4 Å². The Morgan fingerprint density at radius 1 is 1.21 bits per heavy atom. The van der Waals surface area contributed by atoms with Crippen molar-refractivity contribution < 1.29 is 14.3 Å². The molecular formula is C19H30N2O3. The van der Waals surface area contributed by atoms with E-state index in [9.17, 15) is 4.79 Å². The maximum atomic E-state index is 12.6. The Hall–Kier alpha value is -1.59. The molecule has 0 atom stereocenters. The van der Waals surface area contributed by atoms with Crippen molar-refractivity contribution in [3.63, 3.8) is 0 Å². The van der Waals surface area contributed by atoms with E-state index in [0.717, 1.165) is 50.1 Å². The molecule has 0 spiro atoms. The second-order valence-electron chi connectivity index (χ2n) is 6.62. The van der Waals surface area contributed by atoms with E-state index in [1.807, 2.05) is 31.2 Å². The lowest BCUT2D eigenvalue weighted by Gasteiger charge is -2.27. The van der Waals surface area contributed by atoms with Crippen LogP contribution in [-0.2, 0) is 9.53 Å². The smallest absolute Gasteiger partial charge is 0.256 e. The van der Waals surface area contributed by atoms with E-state index in [4.69, 9.17) is 9.47 Å². The third-order valence-corrected chi connectivity index (χ3v) is 4.38. The summed E-state index contributed by atoms with van der Waals surface area (Å²) in [7, 11) is 4.10. The molecule has 2 rings (SSSR count). The summed E-state index contributed by atoms with van der Waals surface area (Å²) in [6, 6.07) is 7.56. The van der Waals surface area contributed by atoms with Gasteiger partial charge in [-0.1, -0.05) is 0 Å². The average Bonchev–Trinajstić information content (AvgIpc) is 3.03. The molecule has 1 N–H and O–H groups in total. The molecule has 0 saturated heterocycles. The van der Waals surface area contributed by atoms with Crippen LogP contribution in [0.2, 0.25) is 0 Å². The topological polar surface area (TPSA) is 50.8 Å². The molecular weight excluding hydrogens is 304 g/mol. The molecule has 1 fully saturated rings. The number of nitrogens with zero attached hydrogens (tertiary/aromatic N) is 1. The highest BCUT2D eigenvalue weighted by Crippen LogP contribution is 2.34. The van der Waals surface area contributed by atoms with Gasteiger partial charge in [-0.15, -0.1) is 0 Å². The van der Waals surface area contributed by atoms with Crippen molar-refractivity contribution in [3.05, 3.63) is 24.3 Å². The van der Waals surface area contributed by atoms with E-state index in [1.165, 1.54) is 0 Å². The normalized spacial score (nSPS) is 16.3. The predicted molar refractivity (Wildman–Crippen MR) is 96.6 cm³/mol. The summed E-state index contributed by atoms with van der Waals surface area (Å²) in [6.07, 6.45) is 4.70. The summed E-state index contributed by atoms with van der Waals surface area (Å²) in [4.78, 5) is 14.8. The maximum absolute atomic E-state index is 12.6. The Morgan fingerprint density at radius 2 is 1.88 bits per heavy atom. The molecule has 0 unspecified atom stereocenters. The van der Waals surface area contributed by atoms with Crippen LogP contribution in [0.25, 0.3) is 0 Å². The van der Waals surface area contributed by atoms with Crippen molar-refractivity contribution in [1.82, 2.24) is 4.90 Å². The number of carbonyl (C=O) groups is 1. The van der Waals surface area contributed by atoms with Crippen molar-refractivity contribution in [1.29, 1.82) is 0 Å². The van der Waals surface area contributed by atoms with Gasteiger partial charge in [0.25, 0.3) is 5.91 Å². The zero-order valence-corrected chi connectivity index (χ0v) is 15.1. The van der Waals surface area contributed by atoms with E-state index < -0.39 is 5.60 Å². The Morgan fingerprint density at radius 3 is 2.46 bits per heavy atom. The zero-order valence-electron chi connectivity index (χ0n) is 15.1. The van der Waals surface area contributed by atoms with Crippen LogP contribution in [0.1, 0.15) is 39.0 Å². The molecule has 1 aromatic rings. The van der Waals surface area contributed by atoms with Crippen LogP contribution >= 0.6 is 0 Å². The number of benzene rings is 1. The summed E-state index contributed by atoms with van der Waals surface area (Å²) in [5, 5.41) is 2.99. The molecule has 1 aliphatic rings. The van der Waals surface area contributed by atoms with Crippen LogP contribution in [0.15, 0.2) is 24.3 Å². The molecule has 1 saturated carbocycles. The van der Waals surface area contributed by atoms with Crippen LogP contribution in [0.3, 0.4) is 0 Å². The number of anilines is 1. The van der Waals surface area contributed by atoms with Crippen molar-refractivity contribution in [3.8, 4) is 5.75 Å². The molecule has 5 heteroatoms. The molecule has 0 aromatic heterocycles. The van der Waals surface area contributed by atoms with Gasteiger partial charge in [0.05, 0.1) is 6.61 Å². The molecule has 134 valence electrons. The fourth-order valence-corrected chi connectivity index (χ4v) is 3.11. The Labute approximate surface area is 145 Å². The minimum Gasteiger partial charge on any atom is -0.494 e. The first kappa shape index (κ1) is 18.7. The fourth-order valence-electron chi connectivity index (χ4n) is 3.11. The summed E-state index contributed by atoms with van der Waals surface area (Å²) in [5.41, 5.74) is 0.141. The highest BCUT2D eigenvalue weighted by atomic mass is 16.5. The van der Waals surface area contributed by atoms with Gasteiger partial charge >= 0.3 is 0 Å². The van der Waals surface area contributed by atoms with Crippen molar-refractivity contribution in [2.24, 2.45) is 0 Å².